The number of hydrogen-bond donors (Lipinski definition) is 2. The summed E-state index contributed by atoms with van der Waals surface area (Å²) in [6.45, 7) is 2.28. The standard InChI is InChI=1S/C20H23NO2S.C4H4O4/c1-21-11-9-14(10-12-21)20-16-13-15(22-2)7-8-18(16)24-19-6-4-3-5-17(19)23-20;5-3(6)1-2-4(7)8/h3-8,13-14,20H,9-12H2,1-2H3;1-2H,(H,5,6)(H,7,8). The number of aliphatic carboxylic acids is 2. The van der Waals surface area contributed by atoms with Gasteiger partial charge in [0.1, 0.15) is 17.6 Å². The van der Waals surface area contributed by atoms with Crippen molar-refractivity contribution in [1.29, 1.82) is 0 Å². The molecule has 7 nitrogen and oxygen atoms in total. The molecular weight excluding hydrogens is 430 g/mol. The number of likely N-dealkylation sites (tertiary alicyclic amines) is 1. The lowest BCUT2D eigenvalue weighted by Gasteiger charge is -2.34. The summed E-state index contributed by atoms with van der Waals surface area (Å²) in [5.41, 5.74) is 1.27. The van der Waals surface area contributed by atoms with E-state index in [9.17, 15) is 9.59 Å². The number of hydrogen-bond acceptors (Lipinski definition) is 6. The van der Waals surface area contributed by atoms with Gasteiger partial charge in [-0.3, -0.25) is 0 Å². The minimum atomic E-state index is -1.26. The lowest BCUT2D eigenvalue weighted by molar-refractivity contribution is -0.134. The zero-order valence-electron chi connectivity index (χ0n) is 18.1. The van der Waals surface area contributed by atoms with Crippen molar-refractivity contribution < 1.29 is 29.3 Å². The first-order valence-corrected chi connectivity index (χ1v) is 11.1. The first-order chi connectivity index (χ1) is 15.4. The fourth-order valence-corrected chi connectivity index (χ4v) is 4.77. The number of carboxylic acid groups (broad SMARTS) is 2. The Morgan fingerprint density at radius 1 is 1.06 bits per heavy atom. The van der Waals surface area contributed by atoms with Gasteiger partial charge in [0.15, 0.2) is 0 Å². The van der Waals surface area contributed by atoms with Gasteiger partial charge in [-0.2, -0.15) is 0 Å². The molecule has 1 saturated heterocycles. The van der Waals surface area contributed by atoms with Gasteiger partial charge in [-0.05, 0) is 63.3 Å². The molecule has 2 aromatic rings. The molecule has 32 heavy (non-hydrogen) atoms. The molecule has 4 rings (SSSR count). The smallest absolute Gasteiger partial charge is 0.328 e. The summed E-state index contributed by atoms with van der Waals surface area (Å²) in [6.07, 6.45) is 3.56. The average molecular weight is 458 g/mol. The molecule has 2 aliphatic heterocycles. The van der Waals surface area contributed by atoms with Crippen molar-refractivity contribution in [2.75, 3.05) is 27.2 Å². The topological polar surface area (TPSA) is 96.3 Å². The third-order valence-electron chi connectivity index (χ3n) is 5.41. The number of carbonyl (C=O) groups is 2. The molecule has 1 fully saturated rings. The van der Waals surface area contributed by atoms with E-state index < -0.39 is 11.9 Å². The van der Waals surface area contributed by atoms with Crippen LogP contribution in [0.2, 0.25) is 0 Å². The monoisotopic (exact) mass is 457 g/mol. The van der Waals surface area contributed by atoms with Crippen LogP contribution in [-0.4, -0.2) is 54.3 Å². The van der Waals surface area contributed by atoms with Crippen molar-refractivity contribution in [2.24, 2.45) is 5.92 Å². The molecule has 2 aliphatic rings. The van der Waals surface area contributed by atoms with Crippen molar-refractivity contribution in [3.63, 3.8) is 0 Å². The Kier molecular flexibility index (Phi) is 8.19. The molecule has 0 spiro atoms. The van der Waals surface area contributed by atoms with Crippen LogP contribution in [-0.2, 0) is 9.59 Å². The van der Waals surface area contributed by atoms with Crippen molar-refractivity contribution in [3.05, 3.63) is 60.2 Å². The van der Waals surface area contributed by atoms with Crippen molar-refractivity contribution in [1.82, 2.24) is 4.90 Å². The fraction of sp³-hybridized carbons (Fsp3) is 0.333. The summed E-state index contributed by atoms with van der Waals surface area (Å²) in [4.78, 5) is 24.0. The molecule has 0 aliphatic carbocycles. The summed E-state index contributed by atoms with van der Waals surface area (Å²) in [5, 5.41) is 15.6. The van der Waals surface area contributed by atoms with E-state index in [-0.39, 0.29) is 6.10 Å². The van der Waals surface area contributed by atoms with Crippen LogP contribution in [0.1, 0.15) is 24.5 Å². The van der Waals surface area contributed by atoms with E-state index >= 15 is 0 Å². The summed E-state index contributed by atoms with van der Waals surface area (Å²) in [5.74, 6) is -0.0676. The normalized spacial score (nSPS) is 18.4. The third kappa shape index (κ3) is 6.27. The van der Waals surface area contributed by atoms with E-state index in [0.29, 0.717) is 18.1 Å². The van der Waals surface area contributed by atoms with Gasteiger partial charge < -0.3 is 24.6 Å². The number of piperidine rings is 1. The first-order valence-electron chi connectivity index (χ1n) is 10.3. The Hall–Kier alpha value is -2.97. The van der Waals surface area contributed by atoms with E-state index in [4.69, 9.17) is 19.7 Å². The maximum atomic E-state index is 9.55. The van der Waals surface area contributed by atoms with Crippen LogP contribution in [0, 0.1) is 5.92 Å². The molecule has 8 heteroatoms. The van der Waals surface area contributed by atoms with Crippen molar-refractivity contribution >= 4 is 23.7 Å². The van der Waals surface area contributed by atoms with Crippen LogP contribution in [0.25, 0.3) is 0 Å². The van der Waals surface area contributed by atoms with Crippen LogP contribution in [0.5, 0.6) is 11.5 Å². The van der Waals surface area contributed by atoms with Gasteiger partial charge >= 0.3 is 11.9 Å². The van der Waals surface area contributed by atoms with Crippen LogP contribution < -0.4 is 9.47 Å². The Bertz CT molecular complexity index is 968. The number of nitrogens with zero attached hydrogens (tertiary/aromatic N) is 1. The lowest BCUT2D eigenvalue weighted by atomic mass is 9.87. The third-order valence-corrected chi connectivity index (χ3v) is 6.56. The Labute approximate surface area is 191 Å². The van der Waals surface area contributed by atoms with E-state index in [1.165, 1.54) is 28.2 Å². The van der Waals surface area contributed by atoms with Gasteiger partial charge in [0.25, 0.3) is 0 Å². The lowest BCUT2D eigenvalue weighted by Crippen LogP contribution is -2.34. The van der Waals surface area contributed by atoms with Crippen molar-refractivity contribution in [2.45, 2.75) is 28.7 Å². The number of ether oxygens (including phenoxy) is 2. The molecule has 170 valence electrons. The van der Waals surface area contributed by atoms with Gasteiger partial charge in [0.2, 0.25) is 0 Å². The van der Waals surface area contributed by atoms with E-state index in [1.54, 1.807) is 18.9 Å². The van der Waals surface area contributed by atoms with Crippen molar-refractivity contribution in [3.8, 4) is 11.5 Å². The number of carboxylic acids is 2. The maximum absolute atomic E-state index is 9.55. The SMILES string of the molecule is COc1ccc2c(c1)C(C1CCN(C)CC1)Oc1ccccc1S2.O=C(O)C=CC(=O)O. The molecule has 0 saturated carbocycles. The summed E-state index contributed by atoms with van der Waals surface area (Å²) in [7, 11) is 3.93. The second kappa shape index (κ2) is 11.1. The van der Waals surface area contributed by atoms with Gasteiger partial charge in [0.05, 0.1) is 12.0 Å². The van der Waals surface area contributed by atoms with Crippen LogP contribution in [0.4, 0.5) is 0 Å². The number of fused-ring (bicyclic) bond motifs is 2. The minimum Gasteiger partial charge on any atom is -0.497 e. The highest BCUT2D eigenvalue weighted by Crippen LogP contribution is 2.48. The zero-order chi connectivity index (χ0) is 23.1. The zero-order valence-corrected chi connectivity index (χ0v) is 18.9. The Balaban J connectivity index is 0.000000312. The predicted octanol–water partition coefficient (Wildman–Crippen LogP) is 4.33. The summed E-state index contributed by atoms with van der Waals surface area (Å²) < 4.78 is 12.0. The summed E-state index contributed by atoms with van der Waals surface area (Å²) in [6, 6.07) is 14.8. The van der Waals surface area contributed by atoms with Crippen LogP contribution in [0.3, 0.4) is 0 Å². The molecule has 2 heterocycles. The molecule has 1 unspecified atom stereocenters. The van der Waals surface area contributed by atoms with E-state index in [2.05, 4.69) is 48.3 Å². The Morgan fingerprint density at radius 3 is 2.34 bits per heavy atom. The average Bonchev–Trinajstić information content (AvgIpc) is 2.95. The molecule has 1 atom stereocenters. The van der Waals surface area contributed by atoms with E-state index in [0.717, 1.165) is 24.6 Å². The second-order valence-electron chi connectivity index (χ2n) is 7.64. The highest BCUT2D eigenvalue weighted by Gasteiger charge is 2.33. The molecule has 0 amide bonds. The predicted molar refractivity (Wildman–Crippen MR) is 122 cm³/mol. The largest absolute Gasteiger partial charge is 0.497 e. The van der Waals surface area contributed by atoms with E-state index in [1.807, 2.05) is 6.07 Å². The molecule has 0 radical (unpaired) electrons. The molecule has 2 aromatic carbocycles. The van der Waals surface area contributed by atoms with Gasteiger partial charge in [-0.1, -0.05) is 23.9 Å². The number of para-hydroxylation sites is 1. The molecule has 2 N–H and O–H groups in total. The fourth-order valence-electron chi connectivity index (χ4n) is 3.74. The number of methoxy groups -OCH3 is 1. The number of benzene rings is 2. The quantitative estimate of drug-likeness (QED) is 0.655. The van der Waals surface area contributed by atoms with Gasteiger partial charge in [0, 0.05) is 28.5 Å². The molecule has 0 aromatic heterocycles. The van der Waals surface area contributed by atoms with Gasteiger partial charge in [-0.15, -0.1) is 0 Å². The molecule has 0 bridgehead atoms. The van der Waals surface area contributed by atoms with Crippen LogP contribution in [0.15, 0.2) is 64.4 Å². The first kappa shape index (κ1) is 23.7. The maximum Gasteiger partial charge on any atom is 0.328 e. The second-order valence-corrected chi connectivity index (χ2v) is 8.73. The number of rotatable bonds is 4. The minimum absolute atomic E-state index is 0.0972. The van der Waals surface area contributed by atoms with Crippen LogP contribution >= 0.6 is 11.8 Å². The highest BCUT2D eigenvalue weighted by atomic mass is 32.2. The summed E-state index contributed by atoms with van der Waals surface area (Å²) >= 11 is 1.80. The Morgan fingerprint density at radius 2 is 1.72 bits per heavy atom. The van der Waals surface area contributed by atoms with Gasteiger partial charge in [-0.25, -0.2) is 9.59 Å². The molecular formula is C24H27NO6S. The highest BCUT2D eigenvalue weighted by molar-refractivity contribution is 7.99.